The molecule has 0 aliphatic heterocycles. The topological polar surface area (TPSA) is 70.2 Å². The first-order chi connectivity index (χ1) is 11.6. The van der Waals surface area contributed by atoms with Gasteiger partial charge in [0.05, 0.1) is 17.8 Å². The molecule has 0 saturated heterocycles. The van der Waals surface area contributed by atoms with Crippen LogP contribution in [0.1, 0.15) is 23.2 Å². The van der Waals surface area contributed by atoms with Crippen molar-refractivity contribution in [2.45, 2.75) is 18.9 Å². The second-order valence-electron chi connectivity index (χ2n) is 5.67. The Labute approximate surface area is 139 Å². The van der Waals surface area contributed by atoms with Gasteiger partial charge in [0.2, 0.25) is 5.91 Å². The molecule has 1 fully saturated rings. The molecular formula is C18H18FN3O2. The third kappa shape index (κ3) is 4.10. The molecule has 2 aromatic rings. The summed E-state index contributed by atoms with van der Waals surface area (Å²) < 4.78 is 13.5. The Balaban J connectivity index is 1.61. The van der Waals surface area contributed by atoms with Crippen LogP contribution in [0.4, 0.5) is 15.8 Å². The summed E-state index contributed by atoms with van der Waals surface area (Å²) in [7, 11) is 0. The summed E-state index contributed by atoms with van der Waals surface area (Å²) in [6, 6.07) is 13.2. The zero-order valence-electron chi connectivity index (χ0n) is 13.0. The molecule has 0 bridgehead atoms. The van der Waals surface area contributed by atoms with Crippen LogP contribution in [0, 0.1) is 5.82 Å². The second-order valence-corrected chi connectivity index (χ2v) is 5.67. The van der Waals surface area contributed by atoms with Crippen molar-refractivity contribution in [1.82, 2.24) is 5.32 Å². The highest BCUT2D eigenvalue weighted by Gasteiger charge is 2.24. The van der Waals surface area contributed by atoms with Crippen LogP contribution in [0.25, 0.3) is 0 Å². The molecule has 1 aliphatic rings. The van der Waals surface area contributed by atoms with Crippen LogP contribution in [-0.2, 0) is 4.79 Å². The summed E-state index contributed by atoms with van der Waals surface area (Å²) in [6.07, 6.45) is 2.01. The Bertz CT molecular complexity index is 759. The number of rotatable bonds is 6. The van der Waals surface area contributed by atoms with Crippen LogP contribution in [0.5, 0.6) is 0 Å². The van der Waals surface area contributed by atoms with E-state index >= 15 is 0 Å². The lowest BCUT2D eigenvalue weighted by Crippen LogP contribution is -2.27. The zero-order valence-corrected chi connectivity index (χ0v) is 13.0. The minimum atomic E-state index is -0.491. The van der Waals surface area contributed by atoms with Gasteiger partial charge in [0.15, 0.2) is 0 Å². The number of anilines is 2. The van der Waals surface area contributed by atoms with Gasteiger partial charge in [-0.15, -0.1) is 0 Å². The number of hydrogen-bond donors (Lipinski definition) is 3. The zero-order chi connectivity index (χ0) is 16.9. The molecule has 2 amide bonds. The van der Waals surface area contributed by atoms with E-state index in [1.807, 2.05) is 0 Å². The molecule has 2 aromatic carbocycles. The number of benzene rings is 2. The van der Waals surface area contributed by atoms with Crippen LogP contribution in [0.2, 0.25) is 0 Å². The van der Waals surface area contributed by atoms with Crippen molar-refractivity contribution >= 4 is 23.2 Å². The minimum absolute atomic E-state index is 0.0674. The number of hydrogen-bond acceptors (Lipinski definition) is 3. The maximum atomic E-state index is 13.5. The number of carbonyl (C=O) groups is 2. The molecule has 0 unspecified atom stereocenters. The van der Waals surface area contributed by atoms with Crippen molar-refractivity contribution < 1.29 is 14.0 Å². The number of amides is 2. The highest BCUT2D eigenvalue weighted by atomic mass is 19.1. The van der Waals surface area contributed by atoms with E-state index < -0.39 is 11.7 Å². The lowest BCUT2D eigenvalue weighted by Gasteiger charge is -2.12. The Hall–Kier alpha value is -2.89. The fourth-order valence-electron chi connectivity index (χ4n) is 2.26. The molecule has 0 atom stereocenters. The van der Waals surface area contributed by atoms with Crippen LogP contribution in [0.3, 0.4) is 0 Å². The van der Waals surface area contributed by atoms with E-state index in [9.17, 15) is 14.0 Å². The fraction of sp³-hybridized carbons (Fsp3) is 0.222. The molecule has 3 rings (SSSR count). The minimum Gasteiger partial charge on any atom is -0.376 e. The molecule has 24 heavy (non-hydrogen) atoms. The first-order valence-electron chi connectivity index (χ1n) is 7.81. The number of halogens is 1. The highest BCUT2D eigenvalue weighted by molar-refractivity contribution is 6.01. The van der Waals surface area contributed by atoms with Gasteiger partial charge in [-0.05, 0) is 37.1 Å². The number of para-hydroxylation sites is 2. The second kappa shape index (κ2) is 7.12. The maximum Gasteiger partial charge on any atom is 0.253 e. The van der Waals surface area contributed by atoms with E-state index in [-0.39, 0.29) is 24.2 Å². The molecule has 0 radical (unpaired) electrons. The predicted octanol–water partition coefficient (Wildman–Crippen LogP) is 2.77. The molecule has 0 heterocycles. The standard InChI is InChI=1S/C18H18FN3O2/c19-14-6-2-4-8-16(14)22-17(23)11-20-15-7-3-1-5-13(15)18(24)21-12-9-10-12/h1-8,12,20H,9-11H2,(H,21,24)(H,22,23). The summed E-state index contributed by atoms with van der Waals surface area (Å²) in [6.45, 7) is -0.0674. The van der Waals surface area contributed by atoms with Crippen molar-refractivity contribution in [3.63, 3.8) is 0 Å². The van der Waals surface area contributed by atoms with Crippen LogP contribution in [-0.4, -0.2) is 24.4 Å². The van der Waals surface area contributed by atoms with Crippen LogP contribution < -0.4 is 16.0 Å². The van der Waals surface area contributed by atoms with Gasteiger partial charge < -0.3 is 16.0 Å². The van der Waals surface area contributed by atoms with E-state index in [0.29, 0.717) is 11.3 Å². The summed E-state index contributed by atoms with van der Waals surface area (Å²) in [5.74, 6) is -1.04. The van der Waals surface area contributed by atoms with Gasteiger partial charge in [0, 0.05) is 11.7 Å². The number of carbonyl (C=O) groups excluding carboxylic acids is 2. The van der Waals surface area contributed by atoms with Crippen molar-refractivity contribution in [2.24, 2.45) is 0 Å². The largest absolute Gasteiger partial charge is 0.376 e. The third-order valence-corrected chi connectivity index (χ3v) is 3.67. The third-order valence-electron chi connectivity index (χ3n) is 3.67. The molecule has 1 aliphatic carbocycles. The summed E-state index contributed by atoms with van der Waals surface area (Å²) in [4.78, 5) is 24.2. The van der Waals surface area contributed by atoms with Crippen LogP contribution in [0.15, 0.2) is 48.5 Å². The van der Waals surface area contributed by atoms with Crippen molar-refractivity contribution in [2.75, 3.05) is 17.2 Å². The Kier molecular flexibility index (Phi) is 4.74. The van der Waals surface area contributed by atoms with Crippen molar-refractivity contribution in [3.05, 3.63) is 59.9 Å². The quantitative estimate of drug-likeness (QED) is 0.764. The molecule has 6 heteroatoms. The van der Waals surface area contributed by atoms with E-state index in [4.69, 9.17) is 0 Å². The first-order valence-corrected chi connectivity index (χ1v) is 7.81. The summed E-state index contributed by atoms with van der Waals surface area (Å²) >= 11 is 0. The molecule has 5 nitrogen and oxygen atoms in total. The molecule has 0 aromatic heterocycles. The summed E-state index contributed by atoms with van der Waals surface area (Å²) in [5, 5.41) is 8.34. The average Bonchev–Trinajstić information content (AvgIpc) is 3.39. The number of nitrogens with one attached hydrogen (secondary N) is 3. The van der Waals surface area contributed by atoms with E-state index in [2.05, 4.69) is 16.0 Å². The Morgan fingerprint density at radius 3 is 2.38 bits per heavy atom. The SMILES string of the molecule is O=C(CNc1ccccc1C(=O)NC1CC1)Nc1ccccc1F. The molecule has 0 spiro atoms. The van der Waals surface area contributed by atoms with E-state index in [1.54, 1.807) is 36.4 Å². The normalized spacial score (nSPS) is 13.2. The molecular weight excluding hydrogens is 309 g/mol. The van der Waals surface area contributed by atoms with Crippen molar-refractivity contribution in [3.8, 4) is 0 Å². The molecule has 124 valence electrons. The van der Waals surface area contributed by atoms with Gasteiger partial charge >= 0.3 is 0 Å². The lowest BCUT2D eigenvalue weighted by molar-refractivity contribution is -0.114. The highest BCUT2D eigenvalue weighted by Crippen LogP contribution is 2.21. The Morgan fingerprint density at radius 1 is 1.00 bits per heavy atom. The van der Waals surface area contributed by atoms with Gasteiger partial charge in [0.1, 0.15) is 5.82 Å². The summed E-state index contributed by atoms with van der Waals surface area (Å²) in [5.41, 5.74) is 1.19. The lowest BCUT2D eigenvalue weighted by atomic mass is 10.1. The Morgan fingerprint density at radius 2 is 1.67 bits per heavy atom. The average molecular weight is 327 g/mol. The molecule has 1 saturated carbocycles. The maximum absolute atomic E-state index is 13.5. The van der Waals surface area contributed by atoms with E-state index in [1.165, 1.54) is 12.1 Å². The fourth-order valence-corrected chi connectivity index (χ4v) is 2.26. The van der Waals surface area contributed by atoms with Gasteiger partial charge in [-0.3, -0.25) is 9.59 Å². The molecule has 3 N–H and O–H groups in total. The van der Waals surface area contributed by atoms with Gasteiger partial charge in [0.25, 0.3) is 5.91 Å². The predicted molar refractivity (Wildman–Crippen MR) is 90.4 cm³/mol. The van der Waals surface area contributed by atoms with E-state index in [0.717, 1.165) is 12.8 Å². The first kappa shape index (κ1) is 16.0. The van der Waals surface area contributed by atoms with Crippen LogP contribution >= 0.6 is 0 Å². The van der Waals surface area contributed by atoms with Gasteiger partial charge in [-0.1, -0.05) is 24.3 Å². The smallest absolute Gasteiger partial charge is 0.253 e. The monoisotopic (exact) mass is 327 g/mol. The van der Waals surface area contributed by atoms with Gasteiger partial charge in [-0.2, -0.15) is 0 Å². The van der Waals surface area contributed by atoms with Gasteiger partial charge in [-0.25, -0.2) is 4.39 Å². The van der Waals surface area contributed by atoms with Crippen molar-refractivity contribution in [1.29, 1.82) is 0 Å².